The fraction of sp³-hybridized carbons (Fsp3) is 0.136. The molecule has 0 bridgehead atoms. The third-order valence-electron chi connectivity index (χ3n) is 4.45. The Morgan fingerprint density at radius 3 is 2.39 bits per heavy atom. The van der Waals surface area contributed by atoms with Crippen LogP contribution in [0.2, 0.25) is 0 Å². The maximum Gasteiger partial charge on any atom is 0.257 e. The summed E-state index contributed by atoms with van der Waals surface area (Å²) in [5.41, 5.74) is 1.47. The lowest BCUT2D eigenvalue weighted by atomic mass is 9.97. The molecule has 0 saturated carbocycles. The van der Waals surface area contributed by atoms with Crippen molar-refractivity contribution < 1.29 is 17.9 Å². The molecule has 0 spiro atoms. The molecule has 144 valence electrons. The molecule has 1 N–H and O–H groups in total. The van der Waals surface area contributed by atoms with Gasteiger partial charge in [0.1, 0.15) is 5.75 Å². The van der Waals surface area contributed by atoms with E-state index in [0.29, 0.717) is 0 Å². The van der Waals surface area contributed by atoms with E-state index in [4.69, 9.17) is 4.74 Å². The Bertz CT molecular complexity index is 1120. The molecule has 0 saturated heterocycles. The standard InChI is InChI=1S/C22H21NO4S/c1-16(18-8-9-20-15-21(27-2)11-10-19(20)14-18)22(24)23-28(25,26)13-12-17-6-4-3-5-7-17/h3-16H,1-2H3,(H,23,24)/b13-12+. The largest absolute Gasteiger partial charge is 0.497 e. The predicted molar refractivity (Wildman–Crippen MR) is 111 cm³/mol. The van der Waals surface area contributed by atoms with Crippen LogP contribution in [0, 0.1) is 0 Å². The first-order valence-corrected chi connectivity index (χ1v) is 10.3. The number of carbonyl (C=O) groups excluding carboxylic acids is 1. The first-order valence-electron chi connectivity index (χ1n) is 8.75. The lowest BCUT2D eigenvalue weighted by Crippen LogP contribution is -2.32. The minimum Gasteiger partial charge on any atom is -0.497 e. The van der Waals surface area contributed by atoms with Crippen LogP contribution in [0.15, 0.2) is 72.1 Å². The lowest BCUT2D eigenvalue weighted by molar-refractivity contribution is -0.120. The molecule has 28 heavy (non-hydrogen) atoms. The second-order valence-electron chi connectivity index (χ2n) is 6.42. The molecule has 0 aliphatic carbocycles. The van der Waals surface area contributed by atoms with Gasteiger partial charge in [-0.3, -0.25) is 4.79 Å². The average Bonchev–Trinajstić information content (AvgIpc) is 2.71. The zero-order chi connectivity index (χ0) is 20.1. The Kier molecular flexibility index (Phi) is 5.80. The monoisotopic (exact) mass is 395 g/mol. The van der Waals surface area contributed by atoms with E-state index in [2.05, 4.69) is 4.72 Å². The number of rotatable bonds is 6. The Morgan fingerprint density at radius 1 is 1.00 bits per heavy atom. The molecule has 3 aromatic rings. The molecule has 0 fully saturated rings. The molecule has 0 radical (unpaired) electrons. The van der Waals surface area contributed by atoms with Crippen molar-refractivity contribution in [2.75, 3.05) is 7.11 Å². The quantitative estimate of drug-likeness (QED) is 0.683. The van der Waals surface area contributed by atoms with E-state index >= 15 is 0 Å². The number of carbonyl (C=O) groups is 1. The molecule has 5 nitrogen and oxygen atoms in total. The van der Waals surface area contributed by atoms with Crippen molar-refractivity contribution in [3.63, 3.8) is 0 Å². The summed E-state index contributed by atoms with van der Waals surface area (Å²) in [4.78, 5) is 12.5. The van der Waals surface area contributed by atoms with E-state index in [-0.39, 0.29) is 0 Å². The van der Waals surface area contributed by atoms with Gasteiger partial charge in [-0.1, -0.05) is 54.6 Å². The molecule has 0 aliphatic rings. The van der Waals surface area contributed by atoms with Crippen LogP contribution in [0.3, 0.4) is 0 Å². The van der Waals surface area contributed by atoms with Crippen LogP contribution in [-0.4, -0.2) is 21.4 Å². The van der Waals surface area contributed by atoms with Crippen molar-refractivity contribution in [3.05, 3.63) is 83.3 Å². The van der Waals surface area contributed by atoms with E-state index in [1.807, 2.05) is 54.6 Å². The van der Waals surface area contributed by atoms with Crippen molar-refractivity contribution in [3.8, 4) is 5.75 Å². The Labute approximate surface area is 164 Å². The van der Waals surface area contributed by atoms with E-state index in [9.17, 15) is 13.2 Å². The molecule has 3 aromatic carbocycles. The zero-order valence-corrected chi connectivity index (χ0v) is 16.4. The number of benzene rings is 3. The maximum absolute atomic E-state index is 12.5. The lowest BCUT2D eigenvalue weighted by Gasteiger charge is -2.13. The van der Waals surface area contributed by atoms with Crippen molar-refractivity contribution in [1.29, 1.82) is 0 Å². The highest BCUT2D eigenvalue weighted by atomic mass is 32.2. The van der Waals surface area contributed by atoms with E-state index in [1.165, 1.54) is 6.08 Å². The number of hydrogen-bond donors (Lipinski definition) is 1. The molecular weight excluding hydrogens is 374 g/mol. The minimum atomic E-state index is -3.88. The minimum absolute atomic E-state index is 0.578. The van der Waals surface area contributed by atoms with Crippen LogP contribution >= 0.6 is 0 Å². The van der Waals surface area contributed by atoms with Gasteiger partial charge in [0.2, 0.25) is 5.91 Å². The summed E-state index contributed by atoms with van der Waals surface area (Å²) in [6, 6.07) is 20.3. The highest BCUT2D eigenvalue weighted by Crippen LogP contribution is 2.25. The Balaban J connectivity index is 1.74. The summed E-state index contributed by atoms with van der Waals surface area (Å²) >= 11 is 0. The molecule has 0 aliphatic heterocycles. The number of methoxy groups -OCH3 is 1. The fourth-order valence-electron chi connectivity index (χ4n) is 2.78. The summed E-state index contributed by atoms with van der Waals surface area (Å²) < 4.78 is 31.7. The zero-order valence-electron chi connectivity index (χ0n) is 15.6. The highest BCUT2D eigenvalue weighted by molar-refractivity contribution is 7.93. The van der Waals surface area contributed by atoms with Crippen molar-refractivity contribution in [1.82, 2.24) is 4.72 Å². The topological polar surface area (TPSA) is 72.5 Å². The predicted octanol–water partition coefficient (Wildman–Crippen LogP) is 4.07. The van der Waals surface area contributed by atoms with Gasteiger partial charge in [-0.2, -0.15) is 0 Å². The third-order valence-corrected chi connectivity index (χ3v) is 5.43. The van der Waals surface area contributed by atoms with E-state index in [0.717, 1.165) is 33.1 Å². The Morgan fingerprint density at radius 2 is 1.68 bits per heavy atom. The number of ether oxygens (including phenoxy) is 1. The van der Waals surface area contributed by atoms with Gasteiger partial charge in [0.05, 0.1) is 18.4 Å². The average molecular weight is 395 g/mol. The van der Waals surface area contributed by atoms with Gasteiger partial charge >= 0.3 is 0 Å². The molecule has 3 rings (SSSR count). The molecule has 1 unspecified atom stereocenters. The number of fused-ring (bicyclic) bond motifs is 1. The van der Waals surface area contributed by atoms with Crippen LogP contribution < -0.4 is 9.46 Å². The molecule has 1 atom stereocenters. The van der Waals surface area contributed by atoms with Crippen LogP contribution in [0.1, 0.15) is 24.0 Å². The van der Waals surface area contributed by atoms with Gasteiger partial charge in [-0.05, 0) is 47.0 Å². The van der Waals surface area contributed by atoms with Gasteiger partial charge in [-0.25, -0.2) is 13.1 Å². The highest BCUT2D eigenvalue weighted by Gasteiger charge is 2.20. The first-order chi connectivity index (χ1) is 13.4. The second kappa shape index (κ2) is 8.27. The van der Waals surface area contributed by atoms with Crippen molar-refractivity contribution in [2.45, 2.75) is 12.8 Å². The summed E-state index contributed by atoms with van der Waals surface area (Å²) in [6.07, 6.45) is 1.45. The van der Waals surface area contributed by atoms with Crippen LogP contribution in [0.4, 0.5) is 0 Å². The van der Waals surface area contributed by atoms with Crippen LogP contribution in [-0.2, 0) is 14.8 Å². The molecular formula is C22H21NO4S. The summed E-state index contributed by atoms with van der Waals surface area (Å²) in [5, 5.41) is 2.93. The van der Waals surface area contributed by atoms with Crippen LogP contribution in [0.5, 0.6) is 5.75 Å². The number of sulfonamides is 1. The van der Waals surface area contributed by atoms with Crippen LogP contribution in [0.25, 0.3) is 16.8 Å². The maximum atomic E-state index is 12.5. The van der Waals surface area contributed by atoms with Gasteiger partial charge in [0, 0.05) is 0 Å². The summed E-state index contributed by atoms with van der Waals surface area (Å²) in [6.45, 7) is 1.68. The van der Waals surface area contributed by atoms with Gasteiger partial charge in [0.15, 0.2) is 0 Å². The van der Waals surface area contributed by atoms with Gasteiger partial charge < -0.3 is 4.74 Å². The number of hydrogen-bond acceptors (Lipinski definition) is 4. The van der Waals surface area contributed by atoms with Crippen molar-refractivity contribution >= 4 is 32.8 Å². The summed E-state index contributed by atoms with van der Waals surface area (Å²) in [5.74, 6) is -0.445. The molecule has 6 heteroatoms. The number of nitrogens with one attached hydrogen (secondary N) is 1. The SMILES string of the molecule is COc1ccc2cc(C(C)C(=O)NS(=O)(=O)/C=C/c3ccccc3)ccc2c1. The number of amides is 1. The first kappa shape index (κ1) is 19.6. The smallest absolute Gasteiger partial charge is 0.257 e. The molecule has 0 heterocycles. The van der Waals surface area contributed by atoms with E-state index < -0.39 is 21.8 Å². The van der Waals surface area contributed by atoms with E-state index in [1.54, 1.807) is 26.2 Å². The Hall–Kier alpha value is -3.12. The molecule has 1 amide bonds. The third kappa shape index (κ3) is 4.78. The fourth-order valence-corrected chi connectivity index (χ4v) is 3.65. The normalized spacial score (nSPS) is 12.8. The van der Waals surface area contributed by atoms with Gasteiger partial charge in [0.25, 0.3) is 10.0 Å². The second-order valence-corrected chi connectivity index (χ2v) is 7.99. The van der Waals surface area contributed by atoms with Gasteiger partial charge in [-0.15, -0.1) is 0 Å². The summed E-state index contributed by atoms with van der Waals surface area (Å²) in [7, 11) is -2.27. The van der Waals surface area contributed by atoms with Crippen molar-refractivity contribution in [2.24, 2.45) is 0 Å². The molecule has 0 aromatic heterocycles.